The molecule has 1 aromatic heterocycles. The van der Waals surface area contributed by atoms with Gasteiger partial charge in [-0.1, -0.05) is 5.21 Å². The second-order valence-corrected chi connectivity index (χ2v) is 4.71. The van der Waals surface area contributed by atoms with E-state index in [4.69, 9.17) is 10.5 Å². The topological polar surface area (TPSA) is 66.0 Å². The molecule has 0 unspecified atom stereocenters. The number of hydrogen-bond donors (Lipinski definition) is 1. The summed E-state index contributed by atoms with van der Waals surface area (Å²) in [4.78, 5) is 0. The zero-order chi connectivity index (χ0) is 15.5. The van der Waals surface area contributed by atoms with Crippen LogP contribution >= 0.6 is 0 Å². The number of halogens is 1. The van der Waals surface area contributed by atoms with Crippen LogP contribution in [0.5, 0.6) is 5.75 Å². The minimum atomic E-state index is -0.297. The van der Waals surface area contributed by atoms with Crippen LogP contribution in [0, 0.1) is 5.82 Å². The number of methoxy groups -OCH3 is 1. The maximum Gasteiger partial charge on any atom is 0.123 e. The number of nitrogens with two attached hydrogens (primary N) is 1. The Kier molecular flexibility index (Phi) is 3.84. The Morgan fingerprint density at radius 1 is 1.09 bits per heavy atom. The molecule has 3 aromatic rings. The Morgan fingerprint density at radius 2 is 1.77 bits per heavy atom. The highest BCUT2D eigenvalue weighted by Crippen LogP contribution is 2.27. The van der Waals surface area contributed by atoms with Gasteiger partial charge in [0, 0.05) is 12.1 Å². The second-order valence-electron chi connectivity index (χ2n) is 4.71. The molecule has 3 rings (SSSR count). The van der Waals surface area contributed by atoms with Gasteiger partial charge in [0.05, 0.1) is 18.5 Å². The average molecular weight is 298 g/mol. The Morgan fingerprint density at radius 3 is 2.36 bits per heavy atom. The first-order chi connectivity index (χ1) is 10.7. The summed E-state index contributed by atoms with van der Waals surface area (Å²) in [5.41, 5.74) is 8.86. The molecule has 0 aliphatic carbocycles. The fourth-order valence-corrected chi connectivity index (χ4v) is 2.25. The van der Waals surface area contributed by atoms with Crippen LogP contribution in [-0.2, 0) is 6.54 Å². The summed E-state index contributed by atoms with van der Waals surface area (Å²) in [6.45, 7) is 0.266. The van der Waals surface area contributed by atoms with Gasteiger partial charge in [-0.3, -0.25) is 0 Å². The molecule has 6 heteroatoms. The Balaban J connectivity index is 2.12. The summed E-state index contributed by atoms with van der Waals surface area (Å²) in [5.74, 6) is 0.466. The molecule has 0 aliphatic rings. The van der Waals surface area contributed by atoms with Gasteiger partial charge in [0.2, 0.25) is 0 Å². The zero-order valence-electron chi connectivity index (χ0n) is 12.0. The molecule has 0 amide bonds. The molecule has 0 spiro atoms. The quantitative estimate of drug-likeness (QED) is 0.804. The minimum absolute atomic E-state index is 0.266. The standard InChI is InChI=1S/C16H15FN4O/c1-22-14-8-2-11(3-9-14)16-15(10-18)19-20-21(16)13-6-4-12(17)5-7-13/h2-9H,10,18H2,1H3. The lowest BCUT2D eigenvalue weighted by atomic mass is 10.1. The van der Waals surface area contributed by atoms with Crippen molar-refractivity contribution >= 4 is 0 Å². The van der Waals surface area contributed by atoms with E-state index >= 15 is 0 Å². The van der Waals surface area contributed by atoms with Crippen molar-refractivity contribution < 1.29 is 9.13 Å². The number of hydrogen-bond acceptors (Lipinski definition) is 4. The number of ether oxygens (including phenoxy) is 1. The normalized spacial score (nSPS) is 10.7. The molecule has 0 saturated heterocycles. The van der Waals surface area contributed by atoms with Crippen molar-refractivity contribution in [2.45, 2.75) is 6.54 Å². The fraction of sp³-hybridized carbons (Fsp3) is 0.125. The Bertz CT molecular complexity index is 766. The van der Waals surface area contributed by atoms with Gasteiger partial charge in [-0.05, 0) is 48.5 Å². The minimum Gasteiger partial charge on any atom is -0.497 e. The highest BCUT2D eigenvalue weighted by atomic mass is 19.1. The SMILES string of the molecule is COc1ccc(-c2c(CN)nnn2-c2ccc(F)cc2)cc1. The third-order valence-corrected chi connectivity index (χ3v) is 3.37. The smallest absolute Gasteiger partial charge is 0.123 e. The third-order valence-electron chi connectivity index (χ3n) is 3.37. The van der Waals surface area contributed by atoms with E-state index in [0.717, 1.165) is 22.7 Å². The van der Waals surface area contributed by atoms with Crippen molar-refractivity contribution in [2.75, 3.05) is 7.11 Å². The van der Waals surface area contributed by atoms with Crippen LogP contribution in [0.4, 0.5) is 4.39 Å². The predicted octanol–water partition coefficient (Wildman–Crippen LogP) is 2.54. The molecule has 5 nitrogen and oxygen atoms in total. The van der Waals surface area contributed by atoms with Crippen LogP contribution in [0.3, 0.4) is 0 Å². The summed E-state index contributed by atoms with van der Waals surface area (Å²) in [6.07, 6.45) is 0. The van der Waals surface area contributed by atoms with Crippen molar-refractivity contribution in [3.63, 3.8) is 0 Å². The van der Waals surface area contributed by atoms with Crippen LogP contribution < -0.4 is 10.5 Å². The van der Waals surface area contributed by atoms with Crippen molar-refractivity contribution in [3.8, 4) is 22.7 Å². The highest BCUT2D eigenvalue weighted by molar-refractivity contribution is 5.65. The molecule has 0 fully saturated rings. The van der Waals surface area contributed by atoms with Crippen LogP contribution in [-0.4, -0.2) is 22.1 Å². The second kappa shape index (κ2) is 5.95. The van der Waals surface area contributed by atoms with E-state index in [-0.39, 0.29) is 12.4 Å². The maximum atomic E-state index is 13.1. The van der Waals surface area contributed by atoms with Gasteiger partial charge in [-0.25, -0.2) is 9.07 Å². The lowest BCUT2D eigenvalue weighted by Crippen LogP contribution is -2.02. The summed E-state index contributed by atoms with van der Waals surface area (Å²) >= 11 is 0. The van der Waals surface area contributed by atoms with E-state index in [1.165, 1.54) is 12.1 Å². The predicted molar refractivity (Wildman–Crippen MR) is 81.2 cm³/mol. The summed E-state index contributed by atoms with van der Waals surface area (Å²) in [6, 6.07) is 13.6. The number of nitrogens with zero attached hydrogens (tertiary/aromatic N) is 3. The molecular weight excluding hydrogens is 283 g/mol. The van der Waals surface area contributed by atoms with E-state index < -0.39 is 0 Å². The van der Waals surface area contributed by atoms with Gasteiger partial charge in [0.1, 0.15) is 17.3 Å². The van der Waals surface area contributed by atoms with Crippen molar-refractivity contribution in [1.29, 1.82) is 0 Å². The molecule has 22 heavy (non-hydrogen) atoms. The molecule has 0 radical (unpaired) electrons. The molecule has 0 bridgehead atoms. The van der Waals surface area contributed by atoms with Crippen molar-refractivity contribution in [2.24, 2.45) is 5.73 Å². The summed E-state index contributed by atoms with van der Waals surface area (Å²) < 4.78 is 19.9. The van der Waals surface area contributed by atoms with Gasteiger partial charge in [0.15, 0.2) is 0 Å². The molecule has 0 saturated carbocycles. The largest absolute Gasteiger partial charge is 0.497 e. The zero-order valence-corrected chi connectivity index (χ0v) is 12.0. The van der Waals surface area contributed by atoms with Crippen molar-refractivity contribution in [1.82, 2.24) is 15.0 Å². The molecule has 2 aromatic carbocycles. The molecule has 0 atom stereocenters. The van der Waals surface area contributed by atoms with E-state index in [1.54, 1.807) is 23.9 Å². The van der Waals surface area contributed by atoms with Gasteiger partial charge in [-0.15, -0.1) is 5.10 Å². The lowest BCUT2D eigenvalue weighted by molar-refractivity contribution is 0.415. The lowest BCUT2D eigenvalue weighted by Gasteiger charge is -2.09. The van der Waals surface area contributed by atoms with Crippen LogP contribution in [0.1, 0.15) is 5.69 Å². The number of aromatic nitrogens is 3. The molecule has 1 heterocycles. The molecule has 2 N–H and O–H groups in total. The van der Waals surface area contributed by atoms with E-state index in [9.17, 15) is 4.39 Å². The molecule has 0 aliphatic heterocycles. The van der Waals surface area contributed by atoms with Gasteiger partial charge in [0.25, 0.3) is 0 Å². The van der Waals surface area contributed by atoms with Gasteiger partial charge in [-0.2, -0.15) is 0 Å². The average Bonchev–Trinajstić information content (AvgIpc) is 2.99. The Hall–Kier alpha value is -2.73. The number of rotatable bonds is 4. The van der Waals surface area contributed by atoms with E-state index in [0.29, 0.717) is 5.69 Å². The van der Waals surface area contributed by atoms with Crippen LogP contribution in [0.15, 0.2) is 48.5 Å². The van der Waals surface area contributed by atoms with Gasteiger partial charge >= 0.3 is 0 Å². The van der Waals surface area contributed by atoms with Crippen molar-refractivity contribution in [3.05, 3.63) is 60.0 Å². The monoisotopic (exact) mass is 298 g/mol. The Labute approximate surface area is 127 Å². The van der Waals surface area contributed by atoms with Gasteiger partial charge < -0.3 is 10.5 Å². The summed E-state index contributed by atoms with van der Waals surface area (Å²) in [5, 5.41) is 8.25. The third kappa shape index (κ3) is 2.56. The first kappa shape index (κ1) is 14.2. The van der Waals surface area contributed by atoms with E-state index in [1.807, 2.05) is 24.3 Å². The fourth-order valence-electron chi connectivity index (χ4n) is 2.25. The van der Waals surface area contributed by atoms with Crippen LogP contribution in [0.25, 0.3) is 16.9 Å². The summed E-state index contributed by atoms with van der Waals surface area (Å²) in [7, 11) is 1.62. The molecule has 112 valence electrons. The number of benzene rings is 2. The van der Waals surface area contributed by atoms with Crippen LogP contribution in [0.2, 0.25) is 0 Å². The molecular formula is C16H15FN4O. The first-order valence-electron chi connectivity index (χ1n) is 6.78. The highest BCUT2D eigenvalue weighted by Gasteiger charge is 2.15. The van der Waals surface area contributed by atoms with E-state index in [2.05, 4.69) is 10.3 Å². The first-order valence-corrected chi connectivity index (χ1v) is 6.78. The maximum absolute atomic E-state index is 13.1.